The number of hydrogen-bond acceptors (Lipinski definition) is 4. The summed E-state index contributed by atoms with van der Waals surface area (Å²) in [6.07, 6.45) is 0. The van der Waals surface area contributed by atoms with Gasteiger partial charge in [-0.15, -0.1) is 22.7 Å². The topological polar surface area (TPSA) is 30.7 Å². The van der Waals surface area contributed by atoms with E-state index < -0.39 is 0 Å². The quantitative estimate of drug-likeness (QED) is 0.203. The Balaban J connectivity index is 1.35. The van der Waals surface area contributed by atoms with Gasteiger partial charge in [0.2, 0.25) is 0 Å². The van der Waals surface area contributed by atoms with Gasteiger partial charge in [-0.2, -0.15) is 0 Å². The van der Waals surface area contributed by atoms with Crippen LogP contribution in [0.2, 0.25) is 0 Å². The minimum atomic E-state index is 0.748. The molecule has 0 aliphatic carbocycles. The molecule has 0 radical (unpaired) electrons. The van der Waals surface area contributed by atoms with E-state index in [1.54, 1.807) is 11.3 Å². The maximum atomic E-state index is 5.45. The SMILES string of the molecule is c1ccc2cc3c(cc2c1)c1ccccc1n3-c1nc(-c2ccc3sc4ccccc4c3c2)nc2sc3ccccc3c12. The fraction of sp³-hybridized carbons (Fsp3) is 0. The minimum Gasteiger partial charge on any atom is -0.293 e. The third-order valence-corrected chi connectivity index (χ3v) is 10.8. The lowest BCUT2D eigenvalue weighted by Crippen LogP contribution is -2.01. The molecule has 200 valence electrons. The van der Waals surface area contributed by atoms with Crippen molar-refractivity contribution in [3.63, 3.8) is 0 Å². The number of rotatable bonds is 2. The second-order valence-corrected chi connectivity index (χ2v) is 13.1. The molecule has 0 atom stereocenters. The van der Waals surface area contributed by atoms with E-state index in [0.717, 1.165) is 38.5 Å². The van der Waals surface area contributed by atoms with Crippen molar-refractivity contribution in [1.29, 1.82) is 0 Å². The van der Waals surface area contributed by atoms with Crippen molar-refractivity contribution in [2.24, 2.45) is 0 Å². The molecule has 0 fully saturated rings. The van der Waals surface area contributed by atoms with E-state index in [9.17, 15) is 0 Å². The zero-order chi connectivity index (χ0) is 28.1. The van der Waals surface area contributed by atoms with Crippen molar-refractivity contribution < 1.29 is 0 Å². The number of benzene rings is 6. The van der Waals surface area contributed by atoms with E-state index in [-0.39, 0.29) is 0 Å². The smallest absolute Gasteiger partial charge is 0.163 e. The molecule has 0 amide bonds. The van der Waals surface area contributed by atoms with Gasteiger partial charge in [-0.3, -0.25) is 4.57 Å². The highest BCUT2D eigenvalue weighted by atomic mass is 32.1. The van der Waals surface area contributed by atoms with Crippen molar-refractivity contribution in [2.75, 3.05) is 0 Å². The molecule has 0 N–H and O–H groups in total. The maximum absolute atomic E-state index is 5.45. The summed E-state index contributed by atoms with van der Waals surface area (Å²) in [5.74, 6) is 1.67. The van der Waals surface area contributed by atoms with Crippen molar-refractivity contribution in [1.82, 2.24) is 14.5 Å². The largest absolute Gasteiger partial charge is 0.293 e. The number of nitrogens with zero attached hydrogens (tertiary/aromatic N) is 3. The Morgan fingerprint density at radius 3 is 2.00 bits per heavy atom. The van der Waals surface area contributed by atoms with Crippen molar-refractivity contribution in [3.05, 3.63) is 127 Å². The van der Waals surface area contributed by atoms with E-state index in [1.807, 2.05) is 11.3 Å². The van der Waals surface area contributed by atoms with Gasteiger partial charge in [-0.05, 0) is 59.3 Å². The second-order valence-electron chi connectivity index (χ2n) is 11.0. The van der Waals surface area contributed by atoms with Crippen LogP contribution in [0.4, 0.5) is 0 Å². The average molecular weight is 584 g/mol. The fourth-order valence-electron chi connectivity index (χ4n) is 6.64. The standard InChI is InChI=1S/C38H21N3S2/c1-2-10-23-21-31-28(19-22(23)9-1)25-11-3-6-14-30(25)41(31)37-35-27-13-5-8-16-33(27)43-38(35)40-36(39-37)24-17-18-34-29(20-24)26-12-4-7-15-32(26)42-34/h1-21H. The van der Waals surface area contributed by atoms with Crippen molar-refractivity contribution >= 4 is 95.7 Å². The van der Waals surface area contributed by atoms with Crippen LogP contribution < -0.4 is 0 Å². The van der Waals surface area contributed by atoms with Gasteiger partial charge in [0.1, 0.15) is 4.83 Å². The zero-order valence-corrected chi connectivity index (χ0v) is 24.4. The van der Waals surface area contributed by atoms with Crippen molar-refractivity contribution in [2.45, 2.75) is 0 Å². The van der Waals surface area contributed by atoms with Crippen LogP contribution in [-0.2, 0) is 0 Å². The van der Waals surface area contributed by atoms with E-state index in [2.05, 4.69) is 132 Å². The van der Waals surface area contributed by atoms with E-state index in [4.69, 9.17) is 9.97 Å². The van der Waals surface area contributed by atoms with Crippen LogP contribution in [0.1, 0.15) is 0 Å². The summed E-state index contributed by atoms with van der Waals surface area (Å²) in [5, 5.41) is 9.73. The van der Waals surface area contributed by atoms with Gasteiger partial charge in [0, 0.05) is 46.6 Å². The van der Waals surface area contributed by atoms with Crippen LogP contribution in [0.25, 0.3) is 90.3 Å². The molecule has 5 heteroatoms. The first-order valence-corrected chi connectivity index (χ1v) is 16.0. The van der Waals surface area contributed by atoms with Gasteiger partial charge in [-0.1, -0.05) is 78.9 Å². The molecule has 0 saturated carbocycles. The van der Waals surface area contributed by atoms with Gasteiger partial charge in [0.25, 0.3) is 0 Å². The molecule has 10 rings (SSSR count). The third kappa shape index (κ3) is 3.35. The van der Waals surface area contributed by atoms with Crippen LogP contribution in [0, 0.1) is 0 Å². The first-order chi connectivity index (χ1) is 21.3. The van der Waals surface area contributed by atoms with Crippen LogP contribution in [0.15, 0.2) is 127 Å². The maximum Gasteiger partial charge on any atom is 0.163 e. The van der Waals surface area contributed by atoms with E-state index in [0.29, 0.717) is 0 Å². The Morgan fingerprint density at radius 1 is 0.465 bits per heavy atom. The molecule has 0 unspecified atom stereocenters. The lowest BCUT2D eigenvalue weighted by molar-refractivity contribution is 1.08. The van der Waals surface area contributed by atoms with Gasteiger partial charge in [0.05, 0.1) is 16.4 Å². The van der Waals surface area contributed by atoms with Crippen LogP contribution in [-0.4, -0.2) is 14.5 Å². The number of para-hydroxylation sites is 1. The molecule has 10 aromatic rings. The highest BCUT2D eigenvalue weighted by Crippen LogP contribution is 2.42. The number of thiophene rings is 2. The lowest BCUT2D eigenvalue weighted by atomic mass is 10.1. The molecule has 6 aromatic carbocycles. The zero-order valence-electron chi connectivity index (χ0n) is 22.8. The Hall–Kier alpha value is -5.10. The summed E-state index contributed by atoms with van der Waals surface area (Å²) in [6, 6.07) is 45.8. The molecular weight excluding hydrogens is 563 g/mol. The normalized spacial score (nSPS) is 12.2. The summed E-state index contributed by atoms with van der Waals surface area (Å²) in [6.45, 7) is 0. The molecule has 0 spiro atoms. The first-order valence-electron chi connectivity index (χ1n) is 14.3. The molecule has 0 bridgehead atoms. The minimum absolute atomic E-state index is 0.748. The summed E-state index contributed by atoms with van der Waals surface area (Å²) in [4.78, 5) is 11.7. The molecule has 0 saturated heterocycles. The lowest BCUT2D eigenvalue weighted by Gasteiger charge is -2.12. The monoisotopic (exact) mass is 583 g/mol. The van der Waals surface area contributed by atoms with Gasteiger partial charge in [0.15, 0.2) is 11.6 Å². The average Bonchev–Trinajstić information content (AvgIpc) is 3.72. The summed E-state index contributed by atoms with van der Waals surface area (Å²) < 4.78 is 6.16. The number of aromatic nitrogens is 3. The Kier molecular flexibility index (Phi) is 4.75. The van der Waals surface area contributed by atoms with Gasteiger partial charge >= 0.3 is 0 Å². The van der Waals surface area contributed by atoms with Crippen LogP contribution in [0.5, 0.6) is 0 Å². The molecule has 0 aliphatic heterocycles. The predicted octanol–water partition coefficient (Wildman–Crippen LogP) is 11.1. The fourth-order valence-corrected chi connectivity index (χ4v) is 8.80. The summed E-state index contributed by atoms with van der Waals surface area (Å²) in [5.41, 5.74) is 3.33. The molecule has 3 nitrogen and oxygen atoms in total. The Labute approximate surface area is 253 Å². The van der Waals surface area contributed by atoms with Gasteiger partial charge < -0.3 is 0 Å². The second kappa shape index (κ2) is 8.71. The van der Waals surface area contributed by atoms with E-state index in [1.165, 1.54) is 51.8 Å². The number of hydrogen-bond donors (Lipinski definition) is 0. The first kappa shape index (κ1) is 23.5. The van der Waals surface area contributed by atoms with E-state index >= 15 is 0 Å². The van der Waals surface area contributed by atoms with Crippen LogP contribution >= 0.6 is 22.7 Å². The molecule has 43 heavy (non-hydrogen) atoms. The van der Waals surface area contributed by atoms with Crippen LogP contribution in [0.3, 0.4) is 0 Å². The molecular formula is C38H21N3S2. The highest BCUT2D eigenvalue weighted by molar-refractivity contribution is 7.26. The highest BCUT2D eigenvalue weighted by Gasteiger charge is 2.21. The summed E-state index contributed by atoms with van der Waals surface area (Å²) >= 11 is 3.57. The van der Waals surface area contributed by atoms with Crippen molar-refractivity contribution in [3.8, 4) is 17.2 Å². The molecule has 4 aromatic heterocycles. The Bertz CT molecular complexity index is 2750. The summed E-state index contributed by atoms with van der Waals surface area (Å²) in [7, 11) is 0. The number of fused-ring (bicyclic) bond motifs is 10. The Morgan fingerprint density at radius 2 is 1.14 bits per heavy atom. The molecule has 4 heterocycles. The third-order valence-electron chi connectivity index (χ3n) is 8.61. The van der Waals surface area contributed by atoms with Gasteiger partial charge in [-0.25, -0.2) is 9.97 Å². The predicted molar refractivity (Wildman–Crippen MR) is 185 cm³/mol. The molecule has 0 aliphatic rings.